The van der Waals surface area contributed by atoms with Gasteiger partial charge in [-0.15, -0.1) is 0 Å². The van der Waals surface area contributed by atoms with Crippen LogP contribution in [0.15, 0.2) is 77.6 Å². The molecule has 0 aliphatic carbocycles. The van der Waals surface area contributed by atoms with Crippen molar-refractivity contribution in [2.45, 2.75) is 19.1 Å². The molecular formula is C24H19BrClN5O2. The normalized spacial score (nSPS) is 14.9. The molecule has 9 heteroatoms. The Morgan fingerprint density at radius 1 is 1.21 bits per heavy atom. The van der Waals surface area contributed by atoms with Gasteiger partial charge in [0.1, 0.15) is 5.82 Å². The highest BCUT2D eigenvalue weighted by Crippen LogP contribution is 2.30. The largest absolute Gasteiger partial charge is 0.488 e. The number of fused-ring (bicyclic) bond motifs is 1. The van der Waals surface area contributed by atoms with Gasteiger partial charge in [0, 0.05) is 35.3 Å². The molecule has 4 aromatic rings. The van der Waals surface area contributed by atoms with Gasteiger partial charge >= 0.3 is 0 Å². The Balaban J connectivity index is 1.38. The zero-order chi connectivity index (χ0) is 22.8. The van der Waals surface area contributed by atoms with Crippen LogP contribution >= 0.6 is 27.5 Å². The van der Waals surface area contributed by atoms with Gasteiger partial charge in [0.15, 0.2) is 11.8 Å². The molecular weight excluding hydrogens is 506 g/mol. The van der Waals surface area contributed by atoms with Gasteiger partial charge in [0.25, 0.3) is 5.91 Å². The van der Waals surface area contributed by atoms with E-state index >= 15 is 0 Å². The van der Waals surface area contributed by atoms with E-state index in [0.29, 0.717) is 29.3 Å². The molecule has 166 valence electrons. The lowest BCUT2D eigenvalue weighted by molar-refractivity contribution is -0.123. The van der Waals surface area contributed by atoms with E-state index in [1.54, 1.807) is 17.0 Å². The molecule has 33 heavy (non-hydrogen) atoms. The Hall–Kier alpha value is -3.36. The van der Waals surface area contributed by atoms with Crippen molar-refractivity contribution in [2.75, 3.05) is 10.6 Å². The first-order valence-electron chi connectivity index (χ1n) is 10.3. The number of hydrogen-bond acceptors (Lipinski definition) is 5. The highest BCUT2D eigenvalue weighted by molar-refractivity contribution is 9.10. The minimum absolute atomic E-state index is 0.160. The van der Waals surface area contributed by atoms with E-state index in [1.165, 1.54) is 0 Å². The third kappa shape index (κ3) is 4.58. The van der Waals surface area contributed by atoms with Gasteiger partial charge in [-0.25, -0.2) is 4.98 Å². The van der Waals surface area contributed by atoms with E-state index in [-0.39, 0.29) is 5.91 Å². The standard InChI is InChI=1S/C24H19BrClN5O2/c25-18-14-28-31-22(12-20(30-23(18)31)17-7-1-2-8-19(17)26)27-13-15-5-3-6-16(11-15)29-24(32)21-9-4-10-33-21/h1-8,10-12,14,21,27H,9,13H2,(H,29,32). The van der Waals surface area contributed by atoms with Gasteiger partial charge in [-0.2, -0.15) is 9.61 Å². The van der Waals surface area contributed by atoms with Crippen LogP contribution in [0.5, 0.6) is 0 Å². The maximum atomic E-state index is 12.3. The Kier molecular flexibility index (Phi) is 6.02. The third-order valence-corrected chi connectivity index (χ3v) is 6.12. The fourth-order valence-electron chi connectivity index (χ4n) is 3.60. The number of halogens is 2. The molecule has 1 atom stereocenters. The highest BCUT2D eigenvalue weighted by atomic mass is 79.9. The maximum Gasteiger partial charge on any atom is 0.265 e. The summed E-state index contributed by atoms with van der Waals surface area (Å²) < 4.78 is 7.81. The molecule has 7 nitrogen and oxygen atoms in total. The Morgan fingerprint density at radius 2 is 2.09 bits per heavy atom. The molecule has 0 bridgehead atoms. The van der Waals surface area contributed by atoms with Crippen LogP contribution in [0.3, 0.4) is 0 Å². The molecule has 0 spiro atoms. The molecule has 1 amide bonds. The van der Waals surface area contributed by atoms with E-state index in [9.17, 15) is 4.79 Å². The number of anilines is 2. The summed E-state index contributed by atoms with van der Waals surface area (Å²) in [6.45, 7) is 0.518. The monoisotopic (exact) mass is 523 g/mol. The molecule has 5 rings (SSSR count). The molecule has 0 radical (unpaired) electrons. The molecule has 2 N–H and O–H groups in total. The van der Waals surface area contributed by atoms with Crippen molar-refractivity contribution in [1.82, 2.24) is 14.6 Å². The number of carbonyl (C=O) groups excluding carboxylic acids is 1. The van der Waals surface area contributed by atoms with Gasteiger partial charge in [-0.05, 0) is 45.8 Å². The van der Waals surface area contributed by atoms with Crippen LogP contribution in [-0.2, 0) is 16.1 Å². The molecule has 3 heterocycles. The van der Waals surface area contributed by atoms with Crippen LogP contribution in [0.25, 0.3) is 16.9 Å². The lowest BCUT2D eigenvalue weighted by atomic mass is 10.1. The minimum Gasteiger partial charge on any atom is -0.488 e. The van der Waals surface area contributed by atoms with E-state index in [1.807, 2.05) is 60.7 Å². The fourth-order valence-corrected chi connectivity index (χ4v) is 4.18. The van der Waals surface area contributed by atoms with Gasteiger partial charge in [0.2, 0.25) is 0 Å². The second-order valence-corrected chi connectivity index (χ2v) is 8.77. The smallest absolute Gasteiger partial charge is 0.265 e. The van der Waals surface area contributed by atoms with Crippen molar-refractivity contribution in [2.24, 2.45) is 0 Å². The molecule has 2 aromatic heterocycles. The molecule has 0 fully saturated rings. The number of hydrogen-bond donors (Lipinski definition) is 2. The number of nitrogens with one attached hydrogen (secondary N) is 2. The van der Waals surface area contributed by atoms with Gasteiger partial charge in [-0.1, -0.05) is 41.9 Å². The summed E-state index contributed by atoms with van der Waals surface area (Å²) in [5.41, 5.74) is 3.97. The Bertz CT molecular complexity index is 1360. The molecule has 1 aliphatic rings. The average molecular weight is 525 g/mol. The summed E-state index contributed by atoms with van der Waals surface area (Å²) >= 11 is 9.93. The highest BCUT2D eigenvalue weighted by Gasteiger charge is 2.21. The van der Waals surface area contributed by atoms with E-state index < -0.39 is 6.10 Å². The molecule has 0 saturated heterocycles. The zero-order valence-electron chi connectivity index (χ0n) is 17.3. The van der Waals surface area contributed by atoms with Crippen LogP contribution in [0.1, 0.15) is 12.0 Å². The first-order chi connectivity index (χ1) is 16.1. The van der Waals surface area contributed by atoms with Gasteiger partial charge < -0.3 is 15.4 Å². The molecule has 1 unspecified atom stereocenters. The first-order valence-corrected chi connectivity index (χ1v) is 11.5. The summed E-state index contributed by atoms with van der Waals surface area (Å²) in [7, 11) is 0. The zero-order valence-corrected chi connectivity index (χ0v) is 19.7. The lowest BCUT2D eigenvalue weighted by Crippen LogP contribution is -2.26. The first kappa shape index (κ1) is 21.5. The van der Waals surface area contributed by atoms with Gasteiger partial charge in [-0.3, -0.25) is 4.79 Å². The average Bonchev–Trinajstić information content (AvgIpc) is 3.49. The molecule has 0 saturated carbocycles. The number of carbonyl (C=O) groups is 1. The summed E-state index contributed by atoms with van der Waals surface area (Å²) in [6.07, 6.45) is 5.21. The number of ether oxygens (including phenoxy) is 1. The van der Waals surface area contributed by atoms with Crippen LogP contribution in [0.2, 0.25) is 5.02 Å². The number of amides is 1. The number of nitrogens with zero attached hydrogens (tertiary/aromatic N) is 3. The predicted molar refractivity (Wildman–Crippen MR) is 132 cm³/mol. The van der Waals surface area contributed by atoms with Crippen LogP contribution < -0.4 is 10.6 Å². The van der Waals surface area contributed by atoms with E-state index in [2.05, 4.69) is 31.7 Å². The van der Waals surface area contributed by atoms with E-state index in [4.69, 9.17) is 21.3 Å². The quantitative estimate of drug-likeness (QED) is 0.340. The lowest BCUT2D eigenvalue weighted by Gasteiger charge is -2.13. The topological polar surface area (TPSA) is 80.5 Å². The van der Waals surface area contributed by atoms with Crippen LogP contribution in [0.4, 0.5) is 11.5 Å². The molecule has 2 aromatic carbocycles. The van der Waals surface area contributed by atoms with Crippen molar-refractivity contribution in [3.63, 3.8) is 0 Å². The Morgan fingerprint density at radius 3 is 2.91 bits per heavy atom. The van der Waals surface area contributed by atoms with Gasteiger partial charge in [0.05, 0.1) is 22.6 Å². The van der Waals surface area contributed by atoms with Crippen molar-refractivity contribution in [3.8, 4) is 11.3 Å². The summed E-state index contributed by atoms with van der Waals surface area (Å²) in [6, 6.07) is 17.2. The second-order valence-electron chi connectivity index (χ2n) is 7.51. The second kappa shape index (κ2) is 9.25. The van der Waals surface area contributed by atoms with Crippen molar-refractivity contribution >= 4 is 50.6 Å². The predicted octanol–water partition coefficient (Wildman–Crippen LogP) is 5.67. The van der Waals surface area contributed by atoms with Crippen LogP contribution in [0, 0.1) is 0 Å². The van der Waals surface area contributed by atoms with Crippen LogP contribution in [-0.4, -0.2) is 26.6 Å². The molecule has 1 aliphatic heterocycles. The Labute approximate surface area is 203 Å². The fraction of sp³-hybridized carbons (Fsp3) is 0.125. The van der Waals surface area contributed by atoms with Crippen molar-refractivity contribution in [1.29, 1.82) is 0 Å². The number of benzene rings is 2. The maximum absolute atomic E-state index is 12.3. The number of rotatable bonds is 6. The third-order valence-electron chi connectivity index (χ3n) is 5.23. The number of aromatic nitrogens is 3. The van der Waals surface area contributed by atoms with Crippen molar-refractivity contribution in [3.05, 3.63) is 88.2 Å². The summed E-state index contributed by atoms with van der Waals surface area (Å²) in [5, 5.41) is 11.4. The summed E-state index contributed by atoms with van der Waals surface area (Å²) in [5.74, 6) is 0.604. The van der Waals surface area contributed by atoms with Crippen molar-refractivity contribution < 1.29 is 9.53 Å². The SMILES string of the molecule is O=C(Nc1cccc(CNc2cc(-c3ccccc3Cl)nc3c(Br)cnn23)c1)C1CC=CO1. The minimum atomic E-state index is -0.474. The van der Waals surface area contributed by atoms with E-state index in [0.717, 1.165) is 27.1 Å². The summed E-state index contributed by atoms with van der Waals surface area (Å²) in [4.78, 5) is 17.1.